The van der Waals surface area contributed by atoms with Crippen molar-refractivity contribution in [2.24, 2.45) is 5.41 Å². The lowest BCUT2D eigenvalue weighted by Gasteiger charge is -2.19. The van der Waals surface area contributed by atoms with E-state index in [9.17, 15) is 18.0 Å². The van der Waals surface area contributed by atoms with Crippen LogP contribution in [0.25, 0.3) is 0 Å². The second-order valence-corrected chi connectivity index (χ2v) is 3.73. The molecule has 1 aliphatic heterocycles. The highest BCUT2D eigenvalue weighted by molar-refractivity contribution is 5.83. The molecule has 0 radical (unpaired) electrons. The van der Waals surface area contributed by atoms with Crippen LogP contribution in [0.5, 0.6) is 0 Å². The molecule has 3 nitrogen and oxygen atoms in total. The molecule has 0 aromatic rings. The van der Waals surface area contributed by atoms with Gasteiger partial charge in [0.2, 0.25) is 5.91 Å². The molecule has 6 heteroatoms. The van der Waals surface area contributed by atoms with Gasteiger partial charge in [0.15, 0.2) is 0 Å². The van der Waals surface area contributed by atoms with Gasteiger partial charge in [0, 0.05) is 6.54 Å². The van der Waals surface area contributed by atoms with Crippen molar-refractivity contribution in [2.75, 3.05) is 13.1 Å². The van der Waals surface area contributed by atoms with Gasteiger partial charge in [0.1, 0.15) is 6.54 Å². The van der Waals surface area contributed by atoms with Gasteiger partial charge in [-0.15, -0.1) is 0 Å². The van der Waals surface area contributed by atoms with Crippen molar-refractivity contribution in [1.82, 2.24) is 10.4 Å². The molecule has 1 fully saturated rings. The average molecular weight is 196 g/mol. The summed E-state index contributed by atoms with van der Waals surface area (Å²) < 4.78 is 35.7. The van der Waals surface area contributed by atoms with Crippen LogP contribution in [0.4, 0.5) is 13.2 Å². The van der Waals surface area contributed by atoms with E-state index in [0.29, 0.717) is 5.01 Å². The number of rotatable bonds is 1. The normalized spacial score (nSPS) is 22.5. The van der Waals surface area contributed by atoms with Crippen LogP contribution in [0, 0.1) is 5.41 Å². The average Bonchev–Trinajstić information content (AvgIpc) is 2.13. The van der Waals surface area contributed by atoms with Crippen LogP contribution in [0.3, 0.4) is 0 Å². The molecule has 1 aliphatic rings. The van der Waals surface area contributed by atoms with E-state index in [1.807, 2.05) is 0 Å². The van der Waals surface area contributed by atoms with E-state index >= 15 is 0 Å². The third-order valence-electron chi connectivity index (χ3n) is 1.87. The predicted molar refractivity (Wildman–Crippen MR) is 39.6 cm³/mol. The first-order valence-corrected chi connectivity index (χ1v) is 3.85. The second kappa shape index (κ2) is 2.87. The number of hydrazine groups is 1. The molecule has 0 unspecified atom stereocenters. The minimum Gasteiger partial charge on any atom is -0.273 e. The predicted octanol–water partition coefficient (Wildman–Crippen LogP) is 0.922. The minimum atomic E-state index is -4.34. The largest absolute Gasteiger partial charge is 0.407 e. The molecule has 13 heavy (non-hydrogen) atoms. The maximum absolute atomic E-state index is 11.9. The Morgan fingerprint density at radius 3 is 2.38 bits per heavy atom. The quantitative estimate of drug-likeness (QED) is 0.676. The summed E-state index contributed by atoms with van der Waals surface area (Å²) in [5.41, 5.74) is 1.69. The fraction of sp³-hybridized carbons (Fsp3) is 0.857. The van der Waals surface area contributed by atoms with Crippen molar-refractivity contribution >= 4 is 5.91 Å². The summed E-state index contributed by atoms with van der Waals surface area (Å²) in [7, 11) is 0. The van der Waals surface area contributed by atoms with Crippen molar-refractivity contribution in [3.05, 3.63) is 0 Å². The Bertz CT molecular complexity index is 224. The first-order chi connectivity index (χ1) is 5.72. The number of nitrogens with zero attached hydrogens (tertiary/aromatic N) is 1. The van der Waals surface area contributed by atoms with Gasteiger partial charge in [-0.25, -0.2) is 5.43 Å². The first kappa shape index (κ1) is 10.3. The molecule has 1 heterocycles. The van der Waals surface area contributed by atoms with Crippen molar-refractivity contribution in [2.45, 2.75) is 20.0 Å². The fourth-order valence-corrected chi connectivity index (χ4v) is 1.11. The zero-order chi connectivity index (χ0) is 10.3. The number of halogens is 3. The van der Waals surface area contributed by atoms with E-state index in [-0.39, 0.29) is 6.54 Å². The molecular formula is C7H11F3N2O. The summed E-state index contributed by atoms with van der Waals surface area (Å²) >= 11 is 0. The molecule has 1 saturated heterocycles. The summed E-state index contributed by atoms with van der Waals surface area (Å²) in [5, 5.41) is 0.625. The molecule has 1 rings (SSSR count). The van der Waals surface area contributed by atoms with E-state index in [4.69, 9.17) is 0 Å². The van der Waals surface area contributed by atoms with E-state index < -0.39 is 24.0 Å². The van der Waals surface area contributed by atoms with Crippen molar-refractivity contribution in [3.63, 3.8) is 0 Å². The Labute approximate surface area is 73.9 Å². The number of nitrogens with one attached hydrogen (secondary N) is 1. The van der Waals surface area contributed by atoms with Gasteiger partial charge in [0.25, 0.3) is 0 Å². The number of hydrogen-bond donors (Lipinski definition) is 1. The molecule has 0 aromatic carbocycles. The Kier molecular flexibility index (Phi) is 2.27. The first-order valence-electron chi connectivity index (χ1n) is 3.85. The van der Waals surface area contributed by atoms with E-state index in [1.165, 1.54) is 0 Å². The van der Waals surface area contributed by atoms with Gasteiger partial charge in [-0.3, -0.25) is 9.80 Å². The van der Waals surface area contributed by atoms with Gasteiger partial charge in [-0.2, -0.15) is 13.2 Å². The van der Waals surface area contributed by atoms with Gasteiger partial charge >= 0.3 is 6.18 Å². The van der Waals surface area contributed by atoms with Crippen LogP contribution in [0.1, 0.15) is 13.8 Å². The molecule has 1 amide bonds. The lowest BCUT2D eigenvalue weighted by atomic mass is 9.94. The highest BCUT2D eigenvalue weighted by atomic mass is 19.4. The molecule has 0 saturated carbocycles. The summed E-state index contributed by atoms with van der Waals surface area (Å²) in [6.07, 6.45) is -4.34. The highest BCUT2D eigenvalue weighted by Gasteiger charge is 2.43. The Hall–Kier alpha value is -0.780. The lowest BCUT2D eigenvalue weighted by molar-refractivity contribution is -0.164. The molecule has 0 spiro atoms. The number of carbonyl (C=O) groups is 1. The summed E-state index contributed by atoms with van der Waals surface area (Å²) in [6, 6.07) is 0. The topological polar surface area (TPSA) is 32.3 Å². The smallest absolute Gasteiger partial charge is 0.273 e. The molecular weight excluding hydrogens is 185 g/mol. The van der Waals surface area contributed by atoms with Crippen LogP contribution >= 0.6 is 0 Å². The summed E-state index contributed by atoms with van der Waals surface area (Å²) in [5.74, 6) is -0.509. The molecule has 0 aromatic heterocycles. The second-order valence-electron chi connectivity index (χ2n) is 3.73. The lowest BCUT2D eigenvalue weighted by Crippen LogP contribution is -2.42. The van der Waals surface area contributed by atoms with Gasteiger partial charge < -0.3 is 0 Å². The van der Waals surface area contributed by atoms with Crippen LogP contribution in [0.2, 0.25) is 0 Å². The third-order valence-corrected chi connectivity index (χ3v) is 1.87. The monoisotopic (exact) mass is 196 g/mol. The third kappa shape index (κ3) is 2.33. The summed E-state index contributed by atoms with van der Waals surface area (Å²) in [4.78, 5) is 11.3. The number of hydrogen-bond acceptors (Lipinski definition) is 2. The number of alkyl halides is 3. The molecule has 0 aliphatic carbocycles. The Balaban J connectivity index is 2.62. The minimum absolute atomic E-state index is 0.252. The van der Waals surface area contributed by atoms with Crippen molar-refractivity contribution in [3.8, 4) is 0 Å². The van der Waals surface area contributed by atoms with Crippen LogP contribution in [0.15, 0.2) is 0 Å². The van der Waals surface area contributed by atoms with Gasteiger partial charge in [0.05, 0.1) is 5.41 Å². The molecule has 0 bridgehead atoms. The van der Waals surface area contributed by atoms with E-state index in [1.54, 1.807) is 13.8 Å². The highest BCUT2D eigenvalue weighted by Crippen LogP contribution is 2.25. The summed E-state index contributed by atoms with van der Waals surface area (Å²) in [6.45, 7) is 2.24. The fourth-order valence-electron chi connectivity index (χ4n) is 1.11. The zero-order valence-electron chi connectivity index (χ0n) is 7.40. The van der Waals surface area contributed by atoms with Crippen LogP contribution < -0.4 is 5.43 Å². The van der Waals surface area contributed by atoms with E-state index in [2.05, 4.69) is 5.43 Å². The van der Waals surface area contributed by atoms with Crippen LogP contribution in [-0.4, -0.2) is 30.2 Å². The number of amides is 1. The standard InChI is InChI=1S/C7H11F3N2O/c1-6(2)3-11-12(5(6)13)4-7(8,9)10/h11H,3-4H2,1-2H3. The van der Waals surface area contributed by atoms with Crippen molar-refractivity contribution < 1.29 is 18.0 Å². The van der Waals surface area contributed by atoms with Crippen LogP contribution in [-0.2, 0) is 4.79 Å². The SMILES string of the molecule is CC1(C)CNN(CC(F)(F)F)C1=O. The Morgan fingerprint density at radius 1 is 1.54 bits per heavy atom. The zero-order valence-corrected chi connectivity index (χ0v) is 7.40. The molecule has 0 atom stereocenters. The molecule has 76 valence electrons. The number of carbonyl (C=O) groups excluding carboxylic acids is 1. The van der Waals surface area contributed by atoms with E-state index in [0.717, 1.165) is 0 Å². The Morgan fingerprint density at radius 2 is 2.08 bits per heavy atom. The van der Waals surface area contributed by atoms with Gasteiger partial charge in [-0.05, 0) is 13.8 Å². The van der Waals surface area contributed by atoms with Crippen molar-refractivity contribution in [1.29, 1.82) is 0 Å². The maximum atomic E-state index is 11.9. The van der Waals surface area contributed by atoms with Gasteiger partial charge in [-0.1, -0.05) is 0 Å². The molecule has 1 N–H and O–H groups in total. The maximum Gasteiger partial charge on any atom is 0.407 e.